The van der Waals surface area contributed by atoms with Crippen LogP contribution in [0.3, 0.4) is 0 Å². The van der Waals surface area contributed by atoms with Crippen LogP contribution in [0.4, 0.5) is 4.39 Å². The lowest BCUT2D eigenvalue weighted by atomic mass is 9.82. The van der Waals surface area contributed by atoms with Gasteiger partial charge in [-0.3, -0.25) is 9.59 Å². The summed E-state index contributed by atoms with van der Waals surface area (Å²) in [4.78, 5) is 25.1. The minimum absolute atomic E-state index is 0.143. The third-order valence-corrected chi connectivity index (χ3v) is 4.08. The van der Waals surface area contributed by atoms with E-state index in [2.05, 4.69) is 0 Å². The zero-order chi connectivity index (χ0) is 16.6. The molecule has 0 bridgehead atoms. The van der Waals surface area contributed by atoms with Crippen LogP contribution in [0.15, 0.2) is 53.6 Å². The van der Waals surface area contributed by atoms with Crippen LogP contribution < -0.4 is 4.74 Å². The van der Waals surface area contributed by atoms with E-state index in [0.29, 0.717) is 17.6 Å². The first-order valence-electron chi connectivity index (χ1n) is 7.23. The van der Waals surface area contributed by atoms with Crippen molar-refractivity contribution < 1.29 is 18.7 Å². The molecule has 0 atom stereocenters. The smallest absolute Gasteiger partial charge is 0.190 e. The number of fused-ring (bicyclic) bond motifs is 1. The number of ether oxygens (including phenoxy) is 1. The van der Waals surface area contributed by atoms with Gasteiger partial charge in [0.2, 0.25) is 0 Å². The maximum absolute atomic E-state index is 13.4. The van der Waals surface area contributed by atoms with Gasteiger partial charge in [-0.05, 0) is 42.8 Å². The van der Waals surface area contributed by atoms with Gasteiger partial charge >= 0.3 is 0 Å². The van der Waals surface area contributed by atoms with Crippen molar-refractivity contribution in [2.24, 2.45) is 0 Å². The molecule has 0 heterocycles. The molecule has 0 fully saturated rings. The number of halogens is 1. The molecule has 2 aromatic rings. The van der Waals surface area contributed by atoms with Crippen molar-refractivity contribution in [1.82, 2.24) is 0 Å². The monoisotopic (exact) mass is 310 g/mol. The number of hydrogen-bond acceptors (Lipinski definition) is 3. The molecule has 0 spiro atoms. The molecule has 0 radical (unpaired) electrons. The first-order valence-corrected chi connectivity index (χ1v) is 7.23. The predicted octanol–water partition coefficient (Wildman–Crippen LogP) is 3.77. The summed E-state index contributed by atoms with van der Waals surface area (Å²) in [5, 5.41) is 0. The SMILES string of the molecule is COc1ccc(CC2=C(C)C(=O)c3ccc(F)cc3C2=O)cc1. The van der Waals surface area contributed by atoms with Crippen LogP contribution in [-0.2, 0) is 6.42 Å². The lowest BCUT2D eigenvalue weighted by molar-refractivity contribution is 0.0972. The minimum Gasteiger partial charge on any atom is -0.497 e. The highest BCUT2D eigenvalue weighted by molar-refractivity contribution is 6.26. The lowest BCUT2D eigenvalue weighted by Crippen LogP contribution is -2.22. The summed E-state index contributed by atoms with van der Waals surface area (Å²) in [6, 6.07) is 11.0. The van der Waals surface area contributed by atoms with E-state index in [4.69, 9.17) is 4.74 Å². The van der Waals surface area contributed by atoms with E-state index in [0.717, 1.165) is 17.4 Å². The van der Waals surface area contributed by atoms with Crippen molar-refractivity contribution in [2.75, 3.05) is 7.11 Å². The van der Waals surface area contributed by atoms with Gasteiger partial charge in [0.05, 0.1) is 7.11 Å². The second-order valence-corrected chi connectivity index (χ2v) is 5.48. The topological polar surface area (TPSA) is 43.4 Å². The molecule has 0 saturated carbocycles. The normalized spacial score (nSPS) is 14.0. The van der Waals surface area contributed by atoms with Gasteiger partial charge in [0.1, 0.15) is 11.6 Å². The molecular formula is C19H15FO3. The summed E-state index contributed by atoms with van der Waals surface area (Å²) in [5.74, 6) is -0.304. The molecule has 0 aliphatic heterocycles. The van der Waals surface area contributed by atoms with Gasteiger partial charge in [-0.2, -0.15) is 0 Å². The molecule has 0 amide bonds. The Balaban J connectivity index is 1.99. The number of hydrogen-bond donors (Lipinski definition) is 0. The second kappa shape index (κ2) is 5.80. The number of allylic oxidation sites excluding steroid dienone is 2. The van der Waals surface area contributed by atoms with E-state index in [-0.39, 0.29) is 22.7 Å². The first-order chi connectivity index (χ1) is 11.0. The van der Waals surface area contributed by atoms with Crippen LogP contribution >= 0.6 is 0 Å². The molecule has 3 rings (SSSR count). The zero-order valence-electron chi connectivity index (χ0n) is 12.9. The summed E-state index contributed by atoms with van der Waals surface area (Å²) < 4.78 is 18.5. The Morgan fingerprint density at radius 3 is 2.30 bits per heavy atom. The van der Waals surface area contributed by atoms with Gasteiger partial charge in [-0.1, -0.05) is 12.1 Å². The average Bonchev–Trinajstić information content (AvgIpc) is 2.57. The number of carbonyl (C=O) groups excluding carboxylic acids is 2. The Labute approximate surface area is 133 Å². The Morgan fingerprint density at radius 1 is 0.957 bits per heavy atom. The van der Waals surface area contributed by atoms with Gasteiger partial charge in [-0.15, -0.1) is 0 Å². The van der Waals surface area contributed by atoms with Crippen molar-refractivity contribution in [3.63, 3.8) is 0 Å². The van der Waals surface area contributed by atoms with Crippen molar-refractivity contribution in [2.45, 2.75) is 13.3 Å². The fourth-order valence-corrected chi connectivity index (χ4v) is 2.73. The Kier molecular flexibility index (Phi) is 3.82. The van der Waals surface area contributed by atoms with E-state index >= 15 is 0 Å². The molecule has 0 aromatic heterocycles. The van der Waals surface area contributed by atoms with Gasteiger partial charge in [0.25, 0.3) is 0 Å². The molecule has 4 heteroatoms. The van der Waals surface area contributed by atoms with Gasteiger partial charge in [0.15, 0.2) is 11.6 Å². The highest BCUT2D eigenvalue weighted by Gasteiger charge is 2.30. The number of ketones is 2. The fraction of sp³-hybridized carbons (Fsp3) is 0.158. The standard InChI is InChI=1S/C19H15FO3/c1-11-16(9-12-3-6-14(23-2)7-4-12)19(22)17-10-13(20)5-8-15(17)18(11)21/h3-8,10H,9H2,1-2H3. The number of benzene rings is 2. The van der Waals surface area contributed by atoms with Crippen LogP contribution in [0.5, 0.6) is 5.75 Å². The van der Waals surface area contributed by atoms with Crippen LogP contribution in [-0.4, -0.2) is 18.7 Å². The summed E-state index contributed by atoms with van der Waals surface area (Å²) in [7, 11) is 1.58. The molecular weight excluding hydrogens is 295 g/mol. The summed E-state index contributed by atoms with van der Waals surface area (Å²) in [6.45, 7) is 1.64. The first kappa shape index (κ1) is 15.2. The lowest BCUT2D eigenvalue weighted by Gasteiger charge is -2.19. The fourth-order valence-electron chi connectivity index (χ4n) is 2.73. The van der Waals surface area contributed by atoms with E-state index in [1.165, 1.54) is 12.1 Å². The Bertz CT molecular complexity index is 832. The summed E-state index contributed by atoms with van der Waals surface area (Å²) in [5.41, 5.74) is 2.14. The number of methoxy groups -OCH3 is 1. The van der Waals surface area contributed by atoms with Crippen molar-refractivity contribution >= 4 is 11.6 Å². The van der Waals surface area contributed by atoms with Crippen molar-refractivity contribution in [3.05, 3.63) is 76.1 Å². The average molecular weight is 310 g/mol. The highest BCUT2D eigenvalue weighted by atomic mass is 19.1. The molecule has 23 heavy (non-hydrogen) atoms. The Hall–Kier alpha value is -2.75. The molecule has 1 aliphatic rings. The Morgan fingerprint density at radius 2 is 1.65 bits per heavy atom. The largest absolute Gasteiger partial charge is 0.497 e. The third kappa shape index (κ3) is 2.68. The molecule has 1 aliphatic carbocycles. The molecule has 116 valence electrons. The van der Waals surface area contributed by atoms with Crippen molar-refractivity contribution in [1.29, 1.82) is 0 Å². The summed E-state index contributed by atoms with van der Waals surface area (Å²) >= 11 is 0. The number of carbonyl (C=O) groups is 2. The van der Waals surface area contributed by atoms with Crippen LogP contribution in [0.1, 0.15) is 33.2 Å². The molecule has 0 saturated heterocycles. The van der Waals surface area contributed by atoms with Crippen LogP contribution in [0, 0.1) is 5.82 Å². The highest BCUT2D eigenvalue weighted by Crippen LogP contribution is 2.29. The van der Waals surface area contributed by atoms with Crippen molar-refractivity contribution in [3.8, 4) is 5.75 Å². The van der Waals surface area contributed by atoms with E-state index in [9.17, 15) is 14.0 Å². The quantitative estimate of drug-likeness (QED) is 0.866. The van der Waals surface area contributed by atoms with Gasteiger partial charge < -0.3 is 4.74 Å². The summed E-state index contributed by atoms with van der Waals surface area (Å²) in [6.07, 6.45) is 0.330. The van der Waals surface area contributed by atoms with Gasteiger partial charge in [-0.25, -0.2) is 4.39 Å². The van der Waals surface area contributed by atoms with Gasteiger partial charge in [0, 0.05) is 28.7 Å². The third-order valence-electron chi connectivity index (χ3n) is 4.08. The second-order valence-electron chi connectivity index (χ2n) is 5.48. The number of Topliss-reactive ketones (excluding diaryl/α,β-unsaturated/α-hetero) is 2. The van der Waals surface area contributed by atoms with E-state index in [1.807, 2.05) is 12.1 Å². The van der Waals surface area contributed by atoms with E-state index in [1.54, 1.807) is 26.2 Å². The van der Waals surface area contributed by atoms with Crippen LogP contribution in [0.2, 0.25) is 0 Å². The molecule has 0 N–H and O–H groups in total. The van der Waals surface area contributed by atoms with Crippen LogP contribution in [0.25, 0.3) is 0 Å². The number of rotatable bonds is 3. The maximum atomic E-state index is 13.4. The molecule has 0 unspecified atom stereocenters. The predicted molar refractivity (Wildman–Crippen MR) is 84.5 cm³/mol. The molecule has 3 nitrogen and oxygen atoms in total. The van der Waals surface area contributed by atoms with E-state index < -0.39 is 5.82 Å². The molecule has 2 aromatic carbocycles. The zero-order valence-corrected chi connectivity index (χ0v) is 12.9. The maximum Gasteiger partial charge on any atom is 0.190 e. The minimum atomic E-state index is -0.520.